The van der Waals surface area contributed by atoms with Gasteiger partial charge in [-0.3, -0.25) is 4.79 Å². The lowest BCUT2D eigenvalue weighted by atomic mass is 10.3. The van der Waals surface area contributed by atoms with E-state index >= 15 is 0 Å². The lowest BCUT2D eigenvalue weighted by Crippen LogP contribution is -2.26. The number of hydrogen-bond acceptors (Lipinski definition) is 2. The summed E-state index contributed by atoms with van der Waals surface area (Å²) in [6.07, 6.45) is 1.42. The fourth-order valence-corrected chi connectivity index (χ4v) is 1.67. The highest BCUT2D eigenvalue weighted by Gasteiger charge is 2.14. The van der Waals surface area contributed by atoms with Crippen LogP contribution in [0.25, 0.3) is 0 Å². The van der Waals surface area contributed by atoms with E-state index in [1.54, 1.807) is 7.05 Å². The molecular weight excluding hydrogens is 251 g/mol. The molecule has 1 heterocycles. The van der Waals surface area contributed by atoms with Gasteiger partial charge in [0.2, 0.25) is 0 Å². The maximum atomic E-state index is 11.7. The van der Waals surface area contributed by atoms with Gasteiger partial charge in [0.25, 0.3) is 5.91 Å². The van der Waals surface area contributed by atoms with Crippen molar-refractivity contribution in [3.63, 3.8) is 0 Å². The lowest BCUT2D eigenvalue weighted by molar-refractivity contribution is 0.0944. The summed E-state index contributed by atoms with van der Waals surface area (Å²) >= 11 is 11.6. The second kappa shape index (κ2) is 6.13. The topological polar surface area (TPSA) is 54.3 Å². The van der Waals surface area contributed by atoms with Crippen molar-refractivity contribution in [1.82, 2.24) is 9.88 Å². The van der Waals surface area contributed by atoms with E-state index in [4.69, 9.17) is 28.3 Å². The van der Waals surface area contributed by atoms with E-state index < -0.39 is 0 Å². The van der Waals surface area contributed by atoms with E-state index in [0.717, 1.165) is 6.42 Å². The van der Waals surface area contributed by atoms with Crippen LogP contribution in [0, 0.1) is 0 Å². The highest BCUT2D eigenvalue weighted by atomic mass is 35.5. The predicted molar refractivity (Wildman–Crippen MR) is 64.1 cm³/mol. The largest absolute Gasteiger partial charge is 0.396 e. The molecule has 4 nitrogen and oxygen atoms in total. The van der Waals surface area contributed by atoms with Crippen molar-refractivity contribution >= 4 is 29.1 Å². The standard InChI is InChI=1S/C10H14Cl2N2O2/c1-14-8(6-7(11)9(14)12)10(16)13-4-2-3-5-15/h6,15H,2-5H2,1H3,(H,13,16). The van der Waals surface area contributed by atoms with Gasteiger partial charge in [-0.1, -0.05) is 23.2 Å². The molecule has 0 aromatic carbocycles. The number of nitrogens with one attached hydrogen (secondary N) is 1. The van der Waals surface area contributed by atoms with Gasteiger partial charge >= 0.3 is 0 Å². The number of aromatic nitrogens is 1. The van der Waals surface area contributed by atoms with Gasteiger partial charge in [0, 0.05) is 20.2 Å². The van der Waals surface area contributed by atoms with Crippen LogP contribution < -0.4 is 5.32 Å². The summed E-state index contributed by atoms with van der Waals surface area (Å²) in [6.45, 7) is 0.664. The molecule has 0 aliphatic rings. The van der Waals surface area contributed by atoms with E-state index in [2.05, 4.69) is 5.32 Å². The van der Waals surface area contributed by atoms with Crippen molar-refractivity contribution in [2.24, 2.45) is 7.05 Å². The summed E-state index contributed by atoms with van der Waals surface area (Å²) in [5.41, 5.74) is 0.430. The van der Waals surface area contributed by atoms with Crippen LogP contribution in [0.3, 0.4) is 0 Å². The van der Waals surface area contributed by atoms with Crippen molar-refractivity contribution in [3.8, 4) is 0 Å². The SMILES string of the molecule is Cn1c(C(=O)NCCCCO)cc(Cl)c1Cl. The predicted octanol–water partition coefficient (Wildman–Crippen LogP) is 1.83. The van der Waals surface area contributed by atoms with Gasteiger partial charge in [0.1, 0.15) is 10.8 Å². The Kier molecular flexibility index (Phi) is 5.12. The van der Waals surface area contributed by atoms with Crippen molar-refractivity contribution in [3.05, 3.63) is 21.9 Å². The monoisotopic (exact) mass is 264 g/mol. The molecule has 6 heteroatoms. The maximum absolute atomic E-state index is 11.7. The van der Waals surface area contributed by atoms with Crippen molar-refractivity contribution < 1.29 is 9.90 Å². The van der Waals surface area contributed by atoms with Crippen LogP contribution >= 0.6 is 23.2 Å². The summed E-state index contributed by atoms with van der Waals surface area (Å²) in [7, 11) is 1.68. The summed E-state index contributed by atoms with van der Waals surface area (Å²) in [6, 6.07) is 1.53. The molecule has 1 rings (SSSR count). The molecule has 1 aromatic heterocycles. The van der Waals surface area contributed by atoms with E-state index in [-0.39, 0.29) is 12.5 Å². The zero-order chi connectivity index (χ0) is 12.1. The molecule has 16 heavy (non-hydrogen) atoms. The molecule has 0 aliphatic carbocycles. The van der Waals surface area contributed by atoms with Crippen LogP contribution in [-0.2, 0) is 7.05 Å². The Hall–Kier alpha value is -0.710. The summed E-state index contributed by atoms with van der Waals surface area (Å²) < 4.78 is 1.53. The summed E-state index contributed by atoms with van der Waals surface area (Å²) in [5.74, 6) is -0.214. The second-order valence-corrected chi connectivity index (χ2v) is 4.18. The fourth-order valence-electron chi connectivity index (χ4n) is 1.29. The molecule has 0 radical (unpaired) electrons. The van der Waals surface area contributed by atoms with E-state index in [1.807, 2.05) is 0 Å². The normalized spacial score (nSPS) is 10.5. The first-order chi connectivity index (χ1) is 7.57. The smallest absolute Gasteiger partial charge is 0.267 e. The highest BCUT2D eigenvalue weighted by Crippen LogP contribution is 2.24. The van der Waals surface area contributed by atoms with Crippen molar-refractivity contribution in [1.29, 1.82) is 0 Å². The average Bonchev–Trinajstić information content (AvgIpc) is 2.52. The molecule has 0 atom stereocenters. The van der Waals surface area contributed by atoms with Crippen LogP contribution in [0.4, 0.5) is 0 Å². The number of aliphatic hydroxyl groups excluding tert-OH is 1. The van der Waals surface area contributed by atoms with E-state index in [1.165, 1.54) is 10.6 Å². The number of aliphatic hydroxyl groups is 1. The van der Waals surface area contributed by atoms with Crippen LogP contribution in [0.1, 0.15) is 23.3 Å². The first-order valence-corrected chi connectivity index (χ1v) is 5.73. The molecule has 2 N–H and O–H groups in total. The molecule has 0 spiro atoms. The molecule has 90 valence electrons. The number of carbonyl (C=O) groups is 1. The minimum absolute atomic E-state index is 0.137. The van der Waals surface area contributed by atoms with Gasteiger partial charge in [-0.05, 0) is 18.9 Å². The average molecular weight is 265 g/mol. The Balaban J connectivity index is 2.56. The van der Waals surface area contributed by atoms with Gasteiger partial charge in [-0.15, -0.1) is 0 Å². The first kappa shape index (κ1) is 13.4. The van der Waals surface area contributed by atoms with Crippen LogP contribution in [-0.4, -0.2) is 28.7 Å². The van der Waals surface area contributed by atoms with Gasteiger partial charge in [0.05, 0.1) is 5.02 Å². The third-order valence-corrected chi connectivity index (χ3v) is 3.06. The molecule has 1 aromatic rings. The number of carbonyl (C=O) groups excluding carboxylic acids is 1. The molecule has 0 unspecified atom stereocenters. The number of rotatable bonds is 5. The second-order valence-electron chi connectivity index (χ2n) is 3.41. The Morgan fingerprint density at radius 3 is 2.69 bits per heavy atom. The Bertz CT molecular complexity index is 377. The molecular formula is C10H14Cl2N2O2. The quantitative estimate of drug-likeness (QED) is 0.798. The molecule has 0 fully saturated rings. The molecule has 0 saturated carbocycles. The van der Waals surface area contributed by atoms with Crippen molar-refractivity contribution in [2.45, 2.75) is 12.8 Å². The number of halogens is 2. The van der Waals surface area contributed by atoms with Gasteiger partial charge in [-0.25, -0.2) is 0 Å². The third-order valence-electron chi connectivity index (χ3n) is 2.22. The fraction of sp³-hybridized carbons (Fsp3) is 0.500. The van der Waals surface area contributed by atoms with Gasteiger partial charge in [-0.2, -0.15) is 0 Å². The lowest BCUT2D eigenvalue weighted by Gasteiger charge is -2.05. The molecule has 0 bridgehead atoms. The maximum Gasteiger partial charge on any atom is 0.267 e. The van der Waals surface area contributed by atoms with Crippen LogP contribution in [0.15, 0.2) is 6.07 Å². The Morgan fingerprint density at radius 1 is 1.50 bits per heavy atom. The summed E-state index contributed by atoms with van der Waals surface area (Å²) in [5, 5.41) is 12.0. The van der Waals surface area contributed by atoms with Crippen LogP contribution in [0.5, 0.6) is 0 Å². The minimum Gasteiger partial charge on any atom is -0.396 e. The molecule has 0 aliphatic heterocycles. The molecule has 1 amide bonds. The van der Waals surface area contributed by atoms with Crippen molar-refractivity contribution in [2.75, 3.05) is 13.2 Å². The van der Waals surface area contributed by atoms with Gasteiger partial charge in [0.15, 0.2) is 0 Å². The minimum atomic E-state index is -0.214. The van der Waals surface area contributed by atoms with E-state index in [9.17, 15) is 4.79 Å². The number of amides is 1. The Labute approximate surface area is 104 Å². The number of unbranched alkanes of at least 4 members (excludes halogenated alkanes) is 1. The van der Waals surface area contributed by atoms with E-state index in [0.29, 0.717) is 28.8 Å². The zero-order valence-electron chi connectivity index (χ0n) is 8.96. The number of hydrogen-bond donors (Lipinski definition) is 2. The van der Waals surface area contributed by atoms with Gasteiger partial charge < -0.3 is 15.0 Å². The Morgan fingerprint density at radius 2 is 2.19 bits per heavy atom. The van der Waals surface area contributed by atoms with Crippen LogP contribution in [0.2, 0.25) is 10.2 Å². The number of nitrogens with zero attached hydrogens (tertiary/aromatic N) is 1. The highest BCUT2D eigenvalue weighted by molar-refractivity contribution is 6.41. The zero-order valence-corrected chi connectivity index (χ0v) is 10.5. The third kappa shape index (κ3) is 3.14. The molecule has 0 saturated heterocycles. The summed E-state index contributed by atoms with van der Waals surface area (Å²) in [4.78, 5) is 11.7. The first-order valence-electron chi connectivity index (χ1n) is 4.97.